The molecule has 0 radical (unpaired) electrons. The van der Waals surface area contributed by atoms with Crippen LogP contribution in [0.3, 0.4) is 0 Å². The normalized spacial score (nSPS) is 21.4. The zero-order valence-corrected chi connectivity index (χ0v) is 18.7. The zero-order valence-electron chi connectivity index (χ0n) is 17.9. The van der Waals surface area contributed by atoms with Crippen molar-refractivity contribution in [2.75, 3.05) is 6.61 Å². The highest BCUT2D eigenvalue weighted by Crippen LogP contribution is 2.31. The smallest absolute Gasteiger partial charge is 0.338 e. The predicted octanol–water partition coefficient (Wildman–Crippen LogP) is 4.26. The summed E-state index contributed by atoms with van der Waals surface area (Å²) >= 11 is 6.33. The van der Waals surface area contributed by atoms with Gasteiger partial charge in [-0.25, -0.2) is 14.4 Å². The van der Waals surface area contributed by atoms with E-state index in [9.17, 15) is 14.4 Å². The highest BCUT2D eigenvalue weighted by atomic mass is 35.5. The van der Waals surface area contributed by atoms with Gasteiger partial charge in [-0.3, -0.25) is 0 Å². The van der Waals surface area contributed by atoms with E-state index >= 15 is 0 Å². The van der Waals surface area contributed by atoms with Crippen molar-refractivity contribution in [2.45, 2.75) is 23.9 Å². The van der Waals surface area contributed by atoms with Gasteiger partial charge in [0.1, 0.15) is 12.7 Å². The van der Waals surface area contributed by atoms with E-state index in [1.807, 2.05) is 0 Å². The monoisotopic (exact) mass is 480 g/mol. The second kappa shape index (κ2) is 11.0. The lowest BCUT2D eigenvalue weighted by Gasteiger charge is -2.23. The summed E-state index contributed by atoms with van der Waals surface area (Å²) in [5.74, 6) is -1.88. The summed E-state index contributed by atoms with van der Waals surface area (Å²) in [5, 5.41) is 0. The summed E-state index contributed by atoms with van der Waals surface area (Å²) in [6.45, 7) is -0.261. The molecule has 8 heteroatoms. The standard InChI is InChI=1S/C26H21ClO7/c27-23-22(34-26(30)19-14-8-3-9-15-19)21(33-25(29)18-12-6-2-7-13-18)20(32-23)16-31-24(28)17-10-4-1-5-11-17/h1-15,20-23H,16H2/t20-,21-,22?,23-/m1/s1. The van der Waals surface area contributed by atoms with Gasteiger partial charge in [-0.05, 0) is 36.4 Å². The van der Waals surface area contributed by atoms with E-state index in [-0.39, 0.29) is 6.61 Å². The van der Waals surface area contributed by atoms with Crippen LogP contribution in [0.5, 0.6) is 0 Å². The summed E-state index contributed by atoms with van der Waals surface area (Å²) in [7, 11) is 0. The second-order valence-electron chi connectivity index (χ2n) is 7.46. The maximum atomic E-state index is 12.7. The van der Waals surface area contributed by atoms with Crippen LogP contribution in [-0.4, -0.2) is 48.4 Å². The molecule has 4 rings (SSSR count). The van der Waals surface area contributed by atoms with Gasteiger partial charge in [-0.15, -0.1) is 0 Å². The van der Waals surface area contributed by atoms with Crippen molar-refractivity contribution in [3.8, 4) is 0 Å². The van der Waals surface area contributed by atoms with Crippen molar-refractivity contribution >= 4 is 29.5 Å². The van der Waals surface area contributed by atoms with Crippen LogP contribution in [-0.2, 0) is 18.9 Å². The Morgan fingerprint density at radius 2 is 1.06 bits per heavy atom. The topological polar surface area (TPSA) is 88.1 Å². The van der Waals surface area contributed by atoms with E-state index < -0.39 is 41.8 Å². The molecule has 0 aliphatic carbocycles. The number of carbonyl (C=O) groups is 3. The molecule has 1 fully saturated rings. The number of alkyl halides is 1. The van der Waals surface area contributed by atoms with E-state index in [4.69, 9.17) is 30.5 Å². The lowest BCUT2D eigenvalue weighted by Crippen LogP contribution is -2.41. The molecule has 3 aromatic rings. The van der Waals surface area contributed by atoms with Gasteiger partial charge in [0, 0.05) is 0 Å². The van der Waals surface area contributed by atoms with Gasteiger partial charge in [-0.2, -0.15) is 0 Å². The first kappa shape index (κ1) is 23.5. The summed E-state index contributed by atoms with van der Waals surface area (Å²) in [6.07, 6.45) is -3.18. The number of hydrogen-bond donors (Lipinski definition) is 0. The van der Waals surface area contributed by atoms with Crippen LogP contribution < -0.4 is 0 Å². The fraction of sp³-hybridized carbons (Fsp3) is 0.192. The average Bonchev–Trinajstić information content (AvgIpc) is 3.17. The van der Waals surface area contributed by atoms with Gasteiger partial charge >= 0.3 is 17.9 Å². The van der Waals surface area contributed by atoms with Gasteiger partial charge in [-0.1, -0.05) is 66.2 Å². The summed E-state index contributed by atoms with van der Waals surface area (Å²) in [6, 6.07) is 25.1. The van der Waals surface area contributed by atoms with Crippen LogP contribution in [0.1, 0.15) is 31.1 Å². The molecule has 7 nitrogen and oxygen atoms in total. The summed E-state index contributed by atoms with van der Waals surface area (Å²) < 4.78 is 22.3. The third-order valence-electron chi connectivity index (χ3n) is 5.15. The molecule has 3 aromatic carbocycles. The zero-order chi connectivity index (χ0) is 23.9. The maximum Gasteiger partial charge on any atom is 0.338 e. The number of hydrogen-bond acceptors (Lipinski definition) is 7. The van der Waals surface area contributed by atoms with Crippen molar-refractivity contribution in [3.05, 3.63) is 108 Å². The van der Waals surface area contributed by atoms with E-state index in [2.05, 4.69) is 0 Å². The number of rotatable bonds is 7. The minimum Gasteiger partial charge on any atom is -0.459 e. The molecule has 1 aliphatic heterocycles. The molecule has 0 amide bonds. The second-order valence-corrected chi connectivity index (χ2v) is 7.89. The van der Waals surface area contributed by atoms with Gasteiger partial charge in [0.25, 0.3) is 0 Å². The minimum atomic E-state index is -1.12. The Labute approximate surface area is 201 Å². The van der Waals surface area contributed by atoms with Gasteiger partial charge in [0.15, 0.2) is 17.8 Å². The predicted molar refractivity (Wildman–Crippen MR) is 123 cm³/mol. The van der Waals surface area contributed by atoms with Crippen molar-refractivity contribution in [2.24, 2.45) is 0 Å². The minimum absolute atomic E-state index is 0.261. The maximum absolute atomic E-state index is 12.7. The fourth-order valence-electron chi connectivity index (χ4n) is 3.43. The molecule has 1 unspecified atom stereocenters. The first-order valence-corrected chi connectivity index (χ1v) is 11.0. The van der Waals surface area contributed by atoms with E-state index in [1.165, 1.54) is 0 Å². The number of halogens is 1. The lowest BCUT2D eigenvalue weighted by atomic mass is 10.1. The average molecular weight is 481 g/mol. The molecular formula is C26H21ClO7. The highest BCUT2D eigenvalue weighted by molar-refractivity contribution is 6.20. The van der Waals surface area contributed by atoms with Crippen molar-refractivity contribution < 1.29 is 33.3 Å². The van der Waals surface area contributed by atoms with Crippen LogP contribution in [0, 0.1) is 0 Å². The molecule has 0 spiro atoms. The molecule has 4 atom stereocenters. The number of benzene rings is 3. The third kappa shape index (κ3) is 5.62. The first-order valence-electron chi connectivity index (χ1n) is 10.6. The van der Waals surface area contributed by atoms with Gasteiger partial charge in [0.2, 0.25) is 0 Å². The Balaban J connectivity index is 1.51. The lowest BCUT2D eigenvalue weighted by molar-refractivity contribution is -0.0435. The highest BCUT2D eigenvalue weighted by Gasteiger charge is 2.49. The molecule has 0 saturated carbocycles. The van der Waals surface area contributed by atoms with Crippen molar-refractivity contribution in [1.82, 2.24) is 0 Å². The van der Waals surface area contributed by atoms with Crippen LogP contribution in [0.4, 0.5) is 0 Å². The molecule has 0 bridgehead atoms. The molecular weight excluding hydrogens is 460 g/mol. The van der Waals surface area contributed by atoms with Crippen LogP contribution in [0.25, 0.3) is 0 Å². The number of esters is 3. The summed E-state index contributed by atoms with van der Waals surface area (Å²) in [5.41, 5.74) is -0.165. The Morgan fingerprint density at radius 1 is 0.647 bits per heavy atom. The molecule has 34 heavy (non-hydrogen) atoms. The quantitative estimate of drug-likeness (QED) is 0.283. The van der Waals surface area contributed by atoms with E-state index in [1.54, 1.807) is 91.0 Å². The van der Waals surface area contributed by atoms with Gasteiger partial charge in [0.05, 0.1) is 16.7 Å². The van der Waals surface area contributed by atoms with E-state index in [0.717, 1.165) is 0 Å². The molecule has 1 heterocycles. The number of ether oxygens (including phenoxy) is 4. The first-order chi connectivity index (χ1) is 16.5. The Morgan fingerprint density at radius 3 is 1.53 bits per heavy atom. The SMILES string of the molecule is O=C(OC[C@H]1O[C@@H](Cl)C(OC(=O)c2ccccc2)[C@@H]1OC(=O)c1ccccc1)c1ccccc1. The van der Waals surface area contributed by atoms with E-state index in [0.29, 0.717) is 16.7 Å². The Kier molecular flexibility index (Phi) is 7.57. The van der Waals surface area contributed by atoms with Crippen LogP contribution in [0.15, 0.2) is 91.0 Å². The Bertz CT molecular complexity index is 1120. The molecule has 0 N–H and O–H groups in total. The van der Waals surface area contributed by atoms with Gasteiger partial charge < -0.3 is 18.9 Å². The Hall–Kier alpha value is -3.68. The largest absolute Gasteiger partial charge is 0.459 e. The summed E-state index contributed by atoms with van der Waals surface area (Å²) in [4.78, 5) is 37.8. The van der Waals surface area contributed by atoms with Crippen molar-refractivity contribution in [3.63, 3.8) is 0 Å². The molecule has 174 valence electrons. The van der Waals surface area contributed by atoms with Crippen LogP contribution in [0.2, 0.25) is 0 Å². The third-order valence-corrected chi connectivity index (χ3v) is 5.50. The molecule has 1 saturated heterocycles. The molecule has 1 aliphatic rings. The fourth-order valence-corrected chi connectivity index (χ4v) is 3.75. The molecule has 0 aromatic heterocycles. The number of carbonyl (C=O) groups excluding carboxylic acids is 3. The van der Waals surface area contributed by atoms with Crippen molar-refractivity contribution in [1.29, 1.82) is 0 Å². The van der Waals surface area contributed by atoms with Crippen LogP contribution >= 0.6 is 11.6 Å².